The van der Waals surface area contributed by atoms with Crippen molar-refractivity contribution in [1.29, 1.82) is 0 Å². The molecule has 130 valence electrons. The minimum Gasteiger partial charge on any atom is -0.292 e. The maximum atomic E-state index is 13.0. The smallest absolute Gasteiger partial charge is 0.292 e. The van der Waals surface area contributed by atoms with Gasteiger partial charge >= 0.3 is 7.75 Å². The Morgan fingerprint density at radius 1 is 1.00 bits per heavy atom. The first-order chi connectivity index (χ1) is 10.5. The van der Waals surface area contributed by atoms with E-state index in [1.54, 1.807) is 0 Å². The van der Waals surface area contributed by atoms with E-state index in [2.05, 4.69) is 0 Å². The molecule has 0 radical (unpaired) electrons. The monoisotopic (exact) mass is 459 g/mol. The Balaban J connectivity index is 2.09. The number of nitrogens with zero attached hydrogens (tertiary/aromatic N) is 1. The summed E-state index contributed by atoms with van der Waals surface area (Å²) >= 11 is 33.8. The average Bonchev–Trinajstić information content (AvgIpc) is 3.24. The Labute approximate surface area is 164 Å². The zero-order valence-electron chi connectivity index (χ0n) is 11.5. The van der Waals surface area contributed by atoms with Crippen molar-refractivity contribution in [3.05, 3.63) is 35.9 Å². The topological polar surface area (TPSA) is 38.5 Å². The molecule has 2 unspecified atom stereocenters. The third-order valence-corrected chi connectivity index (χ3v) is 5.50. The molecule has 1 aromatic rings. The summed E-state index contributed by atoms with van der Waals surface area (Å²) in [5.74, 6) is 0. The molecule has 2 rings (SSSR count). The van der Waals surface area contributed by atoms with Gasteiger partial charge in [0, 0.05) is 6.54 Å². The van der Waals surface area contributed by atoms with Crippen molar-refractivity contribution >= 4 is 77.4 Å². The van der Waals surface area contributed by atoms with Gasteiger partial charge in [-0.2, -0.15) is 4.67 Å². The summed E-state index contributed by atoms with van der Waals surface area (Å²) in [4.78, 5) is 0. The van der Waals surface area contributed by atoms with Gasteiger partial charge in [0.05, 0.1) is 6.04 Å². The fourth-order valence-electron chi connectivity index (χ4n) is 1.85. The molecule has 1 fully saturated rings. The molecular weight excluding hydrogens is 450 g/mol. The lowest BCUT2D eigenvalue weighted by molar-refractivity contribution is 0.186. The van der Waals surface area contributed by atoms with Crippen LogP contribution in [0.3, 0.4) is 0 Å². The quantitative estimate of drug-likeness (QED) is 0.299. The zero-order chi connectivity index (χ0) is 17.3. The minimum atomic E-state index is -3.77. The summed E-state index contributed by atoms with van der Waals surface area (Å²) in [6.07, 6.45) is 0. The van der Waals surface area contributed by atoms with Crippen LogP contribution in [0.2, 0.25) is 0 Å². The molecule has 0 saturated carbocycles. The molecule has 23 heavy (non-hydrogen) atoms. The highest BCUT2D eigenvalue weighted by Crippen LogP contribution is 2.64. The van der Waals surface area contributed by atoms with Crippen LogP contribution in [0, 0.1) is 0 Å². The number of hydrogen-bond donors (Lipinski definition) is 0. The normalized spacial score (nSPS) is 22.2. The van der Waals surface area contributed by atoms with E-state index in [0.717, 1.165) is 5.56 Å². The van der Waals surface area contributed by atoms with Crippen LogP contribution in [-0.2, 0) is 13.6 Å². The molecule has 4 nitrogen and oxygen atoms in total. The van der Waals surface area contributed by atoms with E-state index in [9.17, 15) is 4.57 Å². The van der Waals surface area contributed by atoms with E-state index in [0.29, 0.717) is 6.54 Å². The van der Waals surface area contributed by atoms with E-state index in [1.165, 1.54) is 4.67 Å². The Bertz CT molecular complexity index is 554. The van der Waals surface area contributed by atoms with Crippen molar-refractivity contribution < 1.29 is 13.6 Å². The Hall–Kier alpha value is 1.07. The number of alkyl halides is 6. The molecule has 0 aliphatic carbocycles. The highest BCUT2D eigenvalue weighted by Gasteiger charge is 2.52. The van der Waals surface area contributed by atoms with Gasteiger partial charge in [-0.1, -0.05) is 99.9 Å². The fourth-order valence-corrected chi connectivity index (χ4v) is 4.55. The Morgan fingerprint density at radius 2 is 1.48 bits per heavy atom. The lowest BCUT2D eigenvalue weighted by atomic mass is 10.2. The number of benzene rings is 1. The highest BCUT2D eigenvalue weighted by molar-refractivity contribution is 7.51. The van der Waals surface area contributed by atoms with Crippen molar-refractivity contribution in [3.63, 3.8) is 0 Å². The predicted octanol–water partition coefficient (Wildman–Crippen LogP) is 5.93. The number of halogens is 6. The van der Waals surface area contributed by atoms with Crippen molar-refractivity contribution in [3.8, 4) is 0 Å². The molecule has 1 heterocycles. The molecule has 1 saturated heterocycles. The number of hydrogen-bond acceptors (Lipinski definition) is 3. The van der Waals surface area contributed by atoms with E-state index < -0.39 is 28.5 Å². The molecule has 0 aromatic heterocycles. The third-order valence-electron chi connectivity index (χ3n) is 2.87. The molecule has 0 bridgehead atoms. The van der Waals surface area contributed by atoms with Gasteiger partial charge in [-0.25, -0.2) is 4.57 Å². The van der Waals surface area contributed by atoms with Gasteiger partial charge in [0.25, 0.3) is 0 Å². The van der Waals surface area contributed by atoms with E-state index >= 15 is 0 Å². The fraction of sp³-hybridized carbons (Fsp3) is 0.500. The van der Waals surface area contributed by atoms with Gasteiger partial charge in [0.15, 0.2) is 0 Å². The summed E-state index contributed by atoms with van der Waals surface area (Å²) in [7, 11) is -3.77. The van der Waals surface area contributed by atoms with Crippen molar-refractivity contribution in [2.75, 3.05) is 19.8 Å². The minimum absolute atomic E-state index is 0.132. The molecule has 0 spiro atoms. The molecule has 0 N–H and O–H groups in total. The largest absolute Gasteiger partial charge is 0.409 e. The van der Waals surface area contributed by atoms with Crippen LogP contribution < -0.4 is 0 Å². The van der Waals surface area contributed by atoms with Crippen LogP contribution >= 0.6 is 77.4 Å². The van der Waals surface area contributed by atoms with Gasteiger partial charge in [-0.3, -0.25) is 9.05 Å². The Morgan fingerprint density at radius 3 is 1.91 bits per heavy atom. The molecule has 1 aliphatic heterocycles. The first kappa shape index (κ1) is 20.4. The van der Waals surface area contributed by atoms with Crippen LogP contribution in [0.4, 0.5) is 0 Å². The van der Waals surface area contributed by atoms with Crippen LogP contribution in [-0.4, -0.2) is 32.0 Å². The molecule has 2 atom stereocenters. The average molecular weight is 462 g/mol. The summed E-state index contributed by atoms with van der Waals surface area (Å²) in [5.41, 5.74) is 0.961. The molecule has 11 heteroatoms. The first-order valence-corrected chi connectivity index (χ1v) is 10.1. The van der Waals surface area contributed by atoms with Gasteiger partial charge < -0.3 is 0 Å². The summed E-state index contributed by atoms with van der Waals surface area (Å²) in [6.45, 7) is -0.388. The lowest BCUT2D eigenvalue weighted by Gasteiger charge is -2.23. The zero-order valence-corrected chi connectivity index (χ0v) is 16.9. The second-order valence-corrected chi connectivity index (χ2v) is 11.8. The highest BCUT2D eigenvalue weighted by atomic mass is 35.6. The van der Waals surface area contributed by atoms with Crippen molar-refractivity contribution in [2.45, 2.75) is 13.6 Å². The SMILES string of the molecule is O=P(OCC(Cl)(Cl)Cl)(OCC(Cl)(Cl)Cl)N1CC1c1ccccc1. The summed E-state index contributed by atoms with van der Waals surface area (Å²) < 4.78 is 21.5. The predicted molar refractivity (Wildman–Crippen MR) is 96.0 cm³/mol. The van der Waals surface area contributed by atoms with Crippen molar-refractivity contribution in [2.24, 2.45) is 0 Å². The second-order valence-electron chi connectivity index (χ2n) is 4.79. The molecule has 0 amide bonds. The summed E-state index contributed by atoms with van der Waals surface area (Å²) in [5, 5.41) is 0. The van der Waals surface area contributed by atoms with Crippen LogP contribution in [0.15, 0.2) is 30.3 Å². The molecule has 1 aliphatic rings. The second kappa shape index (κ2) is 7.75. The van der Waals surface area contributed by atoms with E-state index in [1.807, 2.05) is 30.3 Å². The van der Waals surface area contributed by atoms with Crippen LogP contribution in [0.1, 0.15) is 11.6 Å². The van der Waals surface area contributed by atoms with Crippen LogP contribution in [0.25, 0.3) is 0 Å². The van der Waals surface area contributed by atoms with Crippen molar-refractivity contribution in [1.82, 2.24) is 4.67 Å². The third kappa shape index (κ3) is 6.71. The van der Waals surface area contributed by atoms with Gasteiger partial charge in [-0.15, -0.1) is 0 Å². The van der Waals surface area contributed by atoms with Crippen LogP contribution in [0.5, 0.6) is 0 Å². The molecule has 1 aromatic carbocycles. The summed E-state index contributed by atoms with van der Waals surface area (Å²) in [6, 6.07) is 9.31. The first-order valence-electron chi connectivity index (χ1n) is 6.35. The van der Waals surface area contributed by atoms with Gasteiger partial charge in [-0.05, 0) is 5.56 Å². The lowest BCUT2D eigenvalue weighted by Crippen LogP contribution is -2.19. The van der Waals surface area contributed by atoms with E-state index in [4.69, 9.17) is 78.7 Å². The van der Waals surface area contributed by atoms with Gasteiger partial charge in [0.1, 0.15) is 13.2 Å². The maximum Gasteiger partial charge on any atom is 0.409 e. The van der Waals surface area contributed by atoms with Gasteiger partial charge in [0.2, 0.25) is 7.59 Å². The Kier molecular flexibility index (Phi) is 6.87. The number of rotatable bonds is 6. The standard InChI is InChI=1S/C12H12Cl6NO3P/c13-11(14,15)7-21-23(20,22-8-12(16,17)18)19-6-10(19)9-4-2-1-3-5-9/h1-5,10H,6-8H2. The molecular formula is C12H12Cl6NO3P. The van der Waals surface area contributed by atoms with E-state index in [-0.39, 0.29) is 6.04 Å². The maximum absolute atomic E-state index is 13.0.